The van der Waals surface area contributed by atoms with Crippen molar-refractivity contribution < 1.29 is 14.3 Å². The lowest BCUT2D eigenvalue weighted by atomic mass is 10.2. The molecule has 4 nitrogen and oxygen atoms in total. The Hall–Kier alpha value is -2.01. The zero-order valence-corrected chi connectivity index (χ0v) is 13.0. The van der Waals surface area contributed by atoms with Gasteiger partial charge in [0, 0.05) is 18.1 Å². The molecule has 1 amide bonds. The molecular formula is C16H19NO3S. The van der Waals surface area contributed by atoms with Crippen LogP contribution in [0.4, 0.5) is 0 Å². The van der Waals surface area contributed by atoms with E-state index < -0.39 is 5.91 Å². The van der Waals surface area contributed by atoms with E-state index >= 15 is 0 Å². The third-order valence-electron chi connectivity index (χ3n) is 2.78. The summed E-state index contributed by atoms with van der Waals surface area (Å²) in [6.45, 7) is 4.39. The number of ether oxygens (including phenoxy) is 2. The lowest BCUT2D eigenvalue weighted by Gasteiger charge is -2.13. The molecule has 1 aromatic heterocycles. The molecule has 2 rings (SSSR count). The third kappa shape index (κ3) is 4.79. The molecule has 2 aromatic rings. The van der Waals surface area contributed by atoms with Crippen molar-refractivity contribution in [3.05, 3.63) is 46.2 Å². The van der Waals surface area contributed by atoms with Crippen LogP contribution in [0.25, 0.3) is 0 Å². The summed E-state index contributed by atoms with van der Waals surface area (Å²) in [5.74, 6) is 0.691. The van der Waals surface area contributed by atoms with Gasteiger partial charge < -0.3 is 15.2 Å². The lowest BCUT2D eigenvalue weighted by Crippen LogP contribution is -2.13. The van der Waals surface area contributed by atoms with Crippen LogP contribution in [0.1, 0.15) is 29.8 Å². The molecule has 0 aliphatic heterocycles. The highest BCUT2D eigenvalue weighted by Crippen LogP contribution is 2.24. The van der Waals surface area contributed by atoms with Gasteiger partial charge in [-0.3, -0.25) is 4.79 Å². The first kappa shape index (κ1) is 15.4. The summed E-state index contributed by atoms with van der Waals surface area (Å²) in [6, 6.07) is 7.12. The number of primary amides is 1. The second-order valence-electron chi connectivity index (χ2n) is 4.95. The van der Waals surface area contributed by atoms with Gasteiger partial charge in [0.05, 0.1) is 12.7 Å². The summed E-state index contributed by atoms with van der Waals surface area (Å²) < 4.78 is 11.3. The predicted octanol–water partition coefficient (Wildman–Crippen LogP) is 3.26. The van der Waals surface area contributed by atoms with Crippen LogP contribution in [-0.2, 0) is 6.42 Å². The average molecular weight is 305 g/mol. The number of hydrogen-bond acceptors (Lipinski definition) is 4. The number of hydrogen-bond donors (Lipinski definition) is 1. The van der Waals surface area contributed by atoms with Crippen LogP contribution in [0.15, 0.2) is 35.0 Å². The molecule has 0 unspecified atom stereocenters. The molecule has 21 heavy (non-hydrogen) atoms. The van der Waals surface area contributed by atoms with E-state index in [0.29, 0.717) is 23.7 Å². The lowest BCUT2D eigenvalue weighted by molar-refractivity contribution is 0.0999. The first-order valence-electron chi connectivity index (χ1n) is 6.80. The van der Waals surface area contributed by atoms with E-state index in [1.54, 1.807) is 29.5 Å². The molecule has 112 valence electrons. The molecule has 0 saturated heterocycles. The number of amides is 1. The van der Waals surface area contributed by atoms with Gasteiger partial charge >= 0.3 is 0 Å². The van der Waals surface area contributed by atoms with Gasteiger partial charge in [0.2, 0.25) is 5.91 Å². The van der Waals surface area contributed by atoms with E-state index in [-0.39, 0.29) is 6.10 Å². The number of thiophene rings is 1. The van der Waals surface area contributed by atoms with Crippen LogP contribution in [0.5, 0.6) is 11.5 Å². The fourth-order valence-corrected chi connectivity index (χ4v) is 2.56. The zero-order chi connectivity index (χ0) is 15.2. The van der Waals surface area contributed by atoms with Gasteiger partial charge in [-0.05, 0) is 48.4 Å². The Kier molecular flexibility index (Phi) is 5.22. The number of benzene rings is 1. The van der Waals surface area contributed by atoms with E-state index in [4.69, 9.17) is 15.2 Å². The van der Waals surface area contributed by atoms with E-state index in [0.717, 1.165) is 6.42 Å². The fourth-order valence-electron chi connectivity index (χ4n) is 1.86. The maximum atomic E-state index is 11.4. The Balaban J connectivity index is 2.06. The summed E-state index contributed by atoms with van der Waals surface area (Å²) in [5, 5.41) is 4.13. The molecule has 0 aliphatic rings. The second-order valence-corrected chi connectivity index (χ2v) is 5.73. The molecule has 0 radical (unpaired) electrons. The van der Waals surface area contributed by atoms with Gasteiger partial charge in [-0.25, -0.2) is 0 Å². The number of carbonyl (C=O) groups excluding carboxylic acids is 1. The highest BCUT2D eigenvalue weighted by atomic mass is 32.1. The highest BCUT2D eigenvalue weighted by Gasteiger charge is 2.08. The van der Waals surface area contributed by atoms with Crippen molar-refractivity contribution in [3.63, 3.8) is 0 Å². The van der Waals surface area contributed by atoms with Crippen molar-refractivity contribution in [2.45, 2.75) is 26.4 Å². The van der Waals surface area contributed by atoms with E-state index in [9.17, 15) is 4.79 Å². The van der Waals surface area contributed by atoms with Crippen LogP contribution in [0.3, 0.4) is 0 Å². The molecule has 0 fully saturated rings. The first-order chi connectivity index (χ1) is 10.0. The molecule has 1 aromatic carbocycles. The minimum absolute atomic E-state index is 0.0202. The zero-order valence-electron chi connectivity index (χ0n) is 12.2. The number of nitrogens with two attached hydrogens (primary N) is 1. The van der Waals surface area contributed by atoms with Gasteiger partial charge in [0.25, 0.3) is 0 Å². The van der Waals surface area contributed by atoms with Crippen LogP contribution >= 0.6 is 11.3 Å². The van der Waals surface area contributed by atoms with Gasteiger partial charge in [-0.15, -0.1) is 0 Å². The van der Waals surface area contributed by atoms with Crippen LogP contribution in [0.2, 0.25) is 0 Å². The SMILES string of the molecule is CC(C)Oc1cc(OCCc2ccsc2)cc(C(N)=O)c1. The van der Waals surface area contributed by atoms with Crippen LogP contribution in [-0.4, -0.2) is 18.6 Å². The molecule has 0 aliphatic carbocycles. The Bertz CT molecular complexity index is 594. The minimum Gasteiger partial charge on any atom is -0.493 e. The Morgan fingerprint density at radius 2 is 2.05 bits per heavy atom. The third-order valence-corrected chi connectivity index (χ3v) is 3.51. The first-order valence-corrected chi connectivity index (χ1v) is 7.74. The molecule has 0 atom stereocenters. The summed E-state index contributed by atoms with van der Waals surface area (Å²) in [4.78, 5) is 11.4. The molecule has 0 spiro atoms. The largest absolute Gasteiger partial charge is 0.493 e. The van der Waals surface area contributed by atoms with Gasteiger partial charge in [0.15, 0.2) is 0 Å². The van der Waals surface area contributed by atoms with Crippen molar-refractivity contribution in [3.8, 4) is 11.5 Å². The topological polar surface area (TPSA) is 61.6 Å². The molecule has 5 heteroatoms. The summed E-state index contributed by atoms with van der Waals surface area (Å²) in [6.07, 6.45) is 0.844. The Morgan fingerprint density at radius 1 is 1.29 bits per heavy atom. The number of rotatable bonds is 7. The van der Waals surface area contributed by atoms with Crippen molar-refractivity contribution in [1.29, 1.82) is 0 Å². The monoisotopic (exact) mass is 305 g/mol. The summed E-state index contributed by atoms with van der Waals surface area (Å²) in [5.41, 5.74) is 6.97. The van der Waals surface area contributed by atoms with Crippen molar-refractivity contribution in [1.82, 2.24) is 0 Å². The number of carbonyl (C=O) groups is 1. The average Bonchev–Trinajstić information content (AvgIpc) is 2.90. The van der Waals surface area contributed by atoms with Gasteiger partial charge in [-0.2, -0.15) is 11.3 Å². The maximum absolute atomic E-state index is 11.4. The Morgan fingerprint density at radius 3 is 2.67 bits per heavy atom. The molecule has 0 bridgehead atoms. The quantitative estimate of drug-likeness (QED) is 0.854. The summed E-state index contributed by atoms with van der Waals surface area (Å²) >= 11 is 1.66. The predicted molar refractivity (Wildman–Crippen MR) is 84.2 cm³/mol. The standard InChI is InChI=1S/C16H19NO3S/c1-11(2)20-15-8-13(16(17)18)7-14(9-15)19-5-3-12-4-6-21-10-12/h4,6-11H,3,5H2,1-2H3,(H2,17,18). The summed E-state index contributed by atoms with van der Waals surface area (Å²) in [7, 11) is 0. The Labute approximate surface area is 128 Å². The molecule has 2 N–H and O–H groups in total. The van der Waals surface area contributed by atoms with E-state index in [1.807, 2.05) is 19.2 Å². The van der Waals surface area contributed by atoms with Crippen LogP contribution < -0.4 is 15.2 Å². The second kappa shape index (κ2) is 7.13. The molecule has 1 heterocycles. The normalized spacial score (nSPS) is 10.6. The molecular weight excluding hydrogens is 286 g/mol. The smallest absolute Gasteiger partial charge is 0.248 e. The fraction of sp³-hybridized carbons (Fsp3) is 0.312. The minimum atomic E-state index is -0.494. The van der Waals surface area contributed by atoms with E-state index in [2.05, 4.69) is 11.4 Å². The maximum Gasteiger partial charge on any atom is 0.248 e. The molecule has 0 saturated carbocycles. The van der Waals surface area contributed by atoms with Crippen LogP contribution in [0, 0.1) is 0 Å². The van der Waals surface area contributed by atoms with Crippen molar-refractivity contribution in [2.75, 3.05) is 6.61 Å². The van der Waals surface area contributed by atoms with Gasteiger partial charge in [0.1, 0.15) is 11.5 Å². The van der Waals surface area contributed by atoms with E-state index in [1.165, 1.54) is 5.56 Å². The van der Waals surface area contributed by atoms with Crippen molar-refractivity contribution >= 4 is 17.2 Å². The van der Waals surface area contributed by atoms with Crippen molar-refractivity contribution in [2.24, 2.45) is 5.73 Å². The highest BCUT2D eigenvalue weighted by molar-refractivity contribution is 7.07. The van der Waals surface area contributed by atoms with Gasteiger partial charge in [-0.1, -0.05) is 0 Å².